The number of nitrogens with zero attached hydrogens (tertiary/aromatic N) is 3. The summed E-state index contributed by atoms with van der Waals surface area (Å²) in [6.07, 6.45) is 21.0. The standard InChI is InChI=1S/3C8H9N/c1-2-5-8-6-3-4-7-9-8;1-2-4-8-5-3-6-9-7-8;1-2-3-8-4-6-9-7-5-8/h3*2-7H,1H3/b5-2+;4-2+;3-2+. The molecule has 0 N–H and O–H groups in total. The van der Waals surface area contributed by atoms with Crippen molar-refractivity contribution in [2.75, 3.05) is 0 Å². The van der Waals surface area contributed by atoms with Crippen LogP contribution in [0.1, 0.15) is 37.6 Å². The second kappa shape index (κ2) is 15.0. The lowest BCUT2D eigenvalue weighted by Gasteiger charge is -1.86. The molecular formula is C24H27N3. The van der Waals surface area contributed by atoms with Gasteiger partial charge in [-0.05, 0) is 68.3 Å². The Labute approximate surface area is 162 Å². The van der Waals surface area contributed by atoms with Crippen LogP contribution in [0.4, 0.5) is 0 Å². The third kappa shape index (κ3) is 11.0. The number of allylic oxidation sites excluding steroid dienone is 3. The van der Waals surface area contributed by atoms with Gasteiger partial charge in [0.25, 0.3) is 0 Å². The van der Waals surface area contributed by atoms with Crippen molar-refractivity contribution in [3.8, 4) is 0 Å². The third-order valence-corrected chi connectivity index (χ3v) is 3.13. The predicted molar refractivity (Wildman–Crippen MR) is 117 cm³/mol. The van der Waals surface area contributed by atoms with E-state index in [4.69, 9.17) is 0 Å². The smallest absolute Gasteiger partial charge is 0.0626 e. The maximum atomic E-state index is 4.08. The highest BCUT2D eigenvalue weighted by Gasteiger charge is 1.80. The molecule has 3 nitrogen and oxygen atoms in total. The third-order valence-electron chi connectivity index (χ3n) is 3.13. The molecule has 3 heteroatoms. The van der Waals surface area contributed by atoms with Crippen molar-refractivity contribution in [3.63, 3.8) is 0 Å². The zero-order valence-corrected chi connectivity index (χ0v) is 16.2. The molecule has 0 aliphatic rings. The Balaban J connectivity index is 0.000000202. The summed E-state index contributed by atoms with van der Waals surface area (Å²) in [7, 11) is 0. The molecule has 3 heterocycles. The van der Waals surface area contributed by atoms with E-state index < -0.39 is 0 Å². The van der Waals surface area contributed by atoms with E-state index in [1.54, 1.807) is 24.8 Å². The van der Waals surface area contributed by atoms with Crippen LogP contribution in [-0.2, 0) is 0 Å². The van der Waals surface area contributed by atoms with Gasteiger partial charge in [-0.1, -0.05) is 42.5 Å². The van der Waals surface area contributed by atoms with E-state index in [9.17, 15) is 0 Å². The van der Waals surface area contributed by atoms with E-state index in [2.05, 4.69) is 15.0 Å². The van der Waals surface area contributed by atoms with Crippen LogP contribution >= 0.6 is 0 Å². The molecule has 0 aliphatic carbocycles. The van der Waals surface area contributed by atoms with E-state index in [1.807, 2.05) is 106 Å². The van der Waals surface area contributed by atoms with Crippen molar-refractivity contribution < 1.29 is 0 Å². The van der Waals surface area contributed by atoms with Gasteiger partial charge in [0.1, 0.15) is 0 Å². The highest BCUT2D eigenvalue weighted by Crippen LogP contribution is 1.98. The van der Waals surface area contributed by atoms with Gasteiger partial charge >= 0.3 is 0 Å². The van der Waals surface area contributed by atoms with Gasteiger partial charge in [0, 0.05) is 31.0 Å². The van der Waals surface area contributed by atoms with Crippen LogP contribution in [0.15, 0.2) is 91.7 Å². The maximum Gasteiger partial charge on any atom is 0.0626 e. The van der Waals surface area contributed by atoms with E-state index in [0.29, 0.717) is 0 Å². The van der Waals surface area contributed by atoms with Crippen LogP contribution in [0, 0.1) is 0 Å². The minimum Gasteiger partial charge on any atom is -0.265 e. The van der Waals surface area contributed by atoms with Gasteiger partial charge in [0.2, 0.25) is 0 Å². The fourth-order valence-electron chi connectivity index (χ4n) is 1.98. The molecule has 0 unspecified atom stereocenters. The molecule has 3 aromatic heterocycles. The van der Waals surface area contributed by atoms with Crippen molar-refractivity contribution in [2.45, 2.75) is 20.8 Å². The van der Waals surface area contributed by atoms with E-state index in [-0.39, 0.29) is 0 Å². The Kier molecular flexibility index (Phi) is 12.0. The minimum absolute atomic E-state index is 1.01. The average molecular weight is 358 g/mol. The number of pyridine rings is 3. The van der Waals surface area contributed by atoms with Crippen molar-refractivity contribution in [3.05, 3.63) is 108 Å². The SMILES string of the molecule is C/C=C/c1ccccn1.C/C=C/c1cccnc1.C/C=C/c1ccncc1. The van der Waals surface area contributed by atoms with Crippen LogP contribution in [0.5, 0.6) is 0 Å². The second-order valence-corrected chi connectivity index (χ2v) is 5.32. The molecule has 0 spiro atoms. The van der Waals surface area contributed by atoms with Crippen molar-refractivity contribution in [1.29, 1.82) is 0 Å². The zero-order valence-electron chi connectivity index (χ0n) is 16.2. The first-order valence-corrected chi connectivity index (χ1v) is 8.89. The number of rotatable bonds is 3. The van der Waals surface area contributed by atoms with Gasteiger partial charge in [0.05, 0.1) is 5.69 Å². The van der Waals surface area contributed by atoms with Gasteiger partial charge in [-0.2, -0.15) is 0 Å². The summed E-state index contributed by atoms with van der Waals surface area (Å²) in [5.41, 5.74) is 3.37. The van der Waals surface area contributed by atoms with Gasteiger partial charge < -0.3 is 0 Å². The monoisotopic (exact) mass is 357 g/mol. The largest absolute Gasteiger partial charge is 0.265 e. The lowest BCUT2D eigenvalue weighted by Crippen LogP contribution is -1.74. The fraction of sp³-hybridized carbons (Fsp3) is 0.125. The Morgan fingerprint density at radius 3 is 1.85 bits per heavy atom. The van der Waals surface area contributed by atoms with Crippen LogP contribution in [0.3, 0.4) is 0 Å². The topological polar surface area (TPSA) is 38.7 Å². The predicted octanol–water partition coefficient (Wildman–Crippen LogP) is 6.34. The molecule has 0 fully saturated rings. The average Bonchev–Trinajstić information content (AvgIpc) is 2.72. The molecule has 0 saturated heterocycles. The normalized spacial score (nSPS) is 10.3. The van der Waals surface area contributed by atoms with Gasteiger partial charge in [-0.15, -0.1) is 0 Å². The van der Waals surface area contributed by atoms with Crippen LogP contribution in [0.2, 0.25) is 0 Å². The Bertz CT molecular complexity index is 680. The van der Waals surface area contributed by atoms with E-state index >= 15 is 0 Å². The number of aromatic nitrogens is 3. The first kappa shape index (κ1) is 21.7. The molecule has 0 atom stereocenters. The molecule has 0 amide bonds. The number of hydrogen-bond donors (Lipinski definition) is 0. The quantitative estimate of drug-likeness (QED) is 0.548. The molecule has 0 saturated carbocycles. The molecule has 0 bridgehead atoms. The van der Waals surface area contributed by atoms with Crippen molar-refractivity contribution >= 4 is 18.2 Å². The fourth-order valence-corrected chi connectivity index (χ4v) is 1.98. The molecular weight excluding hydrogens is 330 g/mol. The lowest BCUT2D eigenvalue weighted by molar-refractivity contribution is 1.29. The Hall–Kier alpha value is -3.33. The highest BCUT2D eigenvalue weighted by atomic mass is 14.6. The Morgan fingerprint density at radius 2 is 1.30 bits per heavy atom. The number of hydrogen-bond acceptors (Lipinski definition) is 3. The van der Waals surface area contributed by atoms with Crippen LogP contribution in [0.25, 0.3) is 18.2 Å². The van der Waals surface area contributed by atoms with E-state index in [1.165, 1.54) is 5.56 Å². The van der Waals surface area contributed by atoms with E-state index in [0.717, 1.165) is 11.3 Å². The first-order valence-electron chi connectivity index (χ1n) is 8.89. The summed E-state index contributed by atoms with van der Waals surface area (Å²) in [5.74, 6) is 0. The zero-order chi connectivity index (χ0) is 19.6. The lowest BCUT2D eigenvalue weighted by atomic mass is 10.2. The van der Waals surface area contributed by atoms with Crippen LogP contribution in [-0.4, -0.2) is 15.0 Å². The maximum absolute atomic E-state index is 4.08. The summed E-state index contributed by atoms with van der Waals surface area (Å²) in [4.78, 5) is 11.9. The van der Waals surface area contributed by atoms with Gasteiger partial charge in [-0.25, -0.2) is 0 Å². The van der Waals surface area contributed by atoms with Gasteiger partial charge in [0.15, 0.2) is 0 Å². The Morgan fingerprint density at radius 1 is 0.593 bits per heavy atom. The molecule has 3 aromatic rings. The summed E-state index contributed by atoms with van der Waals surface area (Å²) < 4.78 is 0. The summed E-state index contributed by atoms with van der Waals surface area (Å²) in [6, 6.07) is 13.7. The molecule has 0 aromatic carbocycles. The molecule has 0 aliphatic heterocycles. The summed E-state index contributed by atoms with van der Waals surface area (Å²) in [6.45, 7) is 5.97. The van der Waals surface area contributed by atoms with Crippen molar-refractivity contribution in [1.82, 2.24) is 15.0 Å². The van der Waals surface area contributed by atoms with Crippen LogP contribution < -0.4 is 0 Å². The molecule has 0 radical (unpaired) electrons. The second-order valence-electron chi connectivity index (χ2n) is 5.32. The minimum atomic E-state index is 1.01. The molecule has 3 rings (SSSR count). The molecule has 27 heavy (non-hydrogen) atoms. The molecule has 138 valence electrons. The first-order chi connectivity index (χ1) is 13.3. The van der Waals surface area contributed by atoms with Crippen molar-refractivity contribution in [2.24, 2.45) is 0 Å². The summed E-state index contributed by atoms with van der Waals surface area (Å²) >= 11 is 0. The highest BCUT2D eigenvalue weighted by molar-refractivity contribution is 5.47. The van der Waals surface area contributed by atoms with Gasteiger partial charge in [-0.3, -0.25) is 15.0 Å². The summed E-state index contributed by atoms with van der Waals surface area (Å²) in [5, 5.41) is 0.